The van der Waals surface area contributed by atoms with Crippen LogP contribution in [0.3, 0.4) is 0 Å². The molecule has 0 heterocycles. The summed E-state index contributed by atoms with van der Waals surface area (Å²) in [6.45, 7) is 3.14. The van der Waals surface area contributed by atoms with Crippen LogP contribution in [-0.4, -0.2) is 37.9 Å². The molecule has 0 aromatic carbocycles. The molecule has 0 radical (unpaired) electrons. The second kappa shape index (κ2) is 7.41. The monoisotopic (exact) mass is 283 g/mol. The average Bonchev–Trinajstić information content (AvgIpc) is 2.42. The number of hydrogen-bond donors (Lipinski definition) is 1. The summed E-state index contributed by atoms with van der Waals surface area (Å²) in [5.74, 6) is 0.771. The van der Waals surface area contributed by atoms with Crippen LogP contribution < -0.4 is 5.32 Å². The standard InChI is InChI=1S/C16H29NO3/c1-3-19-15(18)16(17-2)10-5-8-14(12-16)20-11-9-13-6-4-7-13/h13-14,17H,3-12H2,1-2H3. The van der Waals surface area contributed by atoms with Gasteiger partial charge in [0.2, 0.25) is 0 Å². The lowest BCUT2D eigenvalue weighted by Crippen LogP contribution is -2.55. The minimum absolute atomic E-state index is 0.116. The first-order chi connectivity index (χ1) is 9.70. The normalized spacial score (nSPS) is 30.8. The molecule has 1 N–H and O–H groups in total. The van der Waals surface area contributed by atoms with Gasteiger partial charge in [-0.2, -0.15) is 0 Å². The zero-order valence-corrected chi connectivity index (χ0v) is 13.0. The van der Waals surface area contributed by atoms with E-state index in [2.05, 4.69) is 5.32 Å². The van der Waals surface area contributed by atoms with Gasteiger partial charge in [-0.3, -0.25) is 4.79 Å². The van der Waals surface area contributed by atoms with Crippen molar-refractivity contribution >= 4 is 5.97 Å². The summed E-state index contributed by atoms with van der Waals surface area (Å²) in [5, 5.41) is 3.20. The molecule has 0 aromatic rings. The zero-order valence-electron chi connectivity index (χ0n) is 13.0. The zero-order chi connectivity index (χ0) is 14.4. The van der Waals surface area contributed by atoms with Gasteiger partial charge in [-0.25, -0.2) is 0 Å². The molecular formula is C16H29NO3. The van der Waals surface area contributed by atoms with Crippen molar-refractivity contribution in [2.45, 2.75) is 69.9 Å². The van der Waals surface area contributed by atoms with Crippen molar-refractivity contribution in [2.75, 3.05) is 20.3 Å². The van der Waals surface area contributed by atoms with Gasteiger partial charge in [0.1, 0.15) is 5.54 Å². The minimum Gasteiger partial charge on any atom is -0.465 e. The van der Waals surface area contributed by atoms with Gasteiger partial charge in [0.05, 0.1) is 12.7 Å². The van der Waals surface area contributed by atoms with Crippen LogP contribution in [0.1, 0.15) is 58.3 Å². The summed E-state index contributed by atoms with van der Waals surface area (Å²) in [6, 6.07) is 0. The maximum atomic E-state index is 12.2. The number of carbonyl (C=O) groups excluding carboxylic acids is 1. The van der Waals surface area contributed by atoms with E-state index < -0.39 is 5.54 Å². The number of hydrogen-bond acceptors (Lipinski definition) is 4. The Hall–Kier alpha value is -0.610. The van der Waals surface area contributed by atoms with Gasteiger partial charge in [0.25, 0.3) is 0 Å². The first-order valence-electron chi connectivity index (χ1n) is 8.18. The fraction of sp³-hybridized carbons (Fsp3) is 0.938. The van der Waals surface area contributed by atoms with Crippen molar-refractivity contribution in [1.82, 2.24) is 5.32 Å². The molecule has 0 saturated heterocycles. The number of nitrogens with one attached hydrogen (secondary N) is 1. The summed E-state index contributed by atoms with van der Waals surface area (Å²) >= 11 is 0. The molecule has 0 aliphatic heterocycles. The highest BCUT2D eigenvalue weighted by Gasteiger charge is 2.43. The van der Waals surface area contributed by atoms with E-state index in [1.807, 2.05) is 14.0 Å². The Balaban J connectivity index is 1.80. The van der Waals surface area contributed by atoms with Gasteiger partial charge in [-0.15, -0.1) is 0 Å². The van der Waals surface area contributed by atoms with Gasteiger partial charge < -0.3 is 14.8 Å². The molecular weight excluding hydrogens is 254 g/mol. The second-order valence-electron chi connectivity index (χ2n) is 6.23. The number of carbonyl (C=O) groups is 1. The Labute approximate surface area is 122 Å². The maximum Gasteiger partial charge on any atom is 0.326 e. The summed E-state index contributed by atoms with van der Waals surface area (Å²) in [4.78, 5) is 12.2. The molecule has 20 heavy (non-hydrogen) atoms. The second-order valence-corrected chi connectivity index (χ2v) is 6.23. The fourth-order valence-electron chi connectivity index (χ4n) is 3.33. The van der Waals surface area contributed by atoms with E-state index >= 15 is 0 Å². The fourth-order valence-corrected chi connectivity index (χ4v) is 3.33. The summed E-state index contributed by atoms with van der Waals surface area (Å²) in [7, 11) is 1.85. The van der Waals surface area contributed by atoms with Gasteiger partial charge in [-0.05, 0) is 45.6 Å². The van der Waals surface area contributed by atoms with E-state index in [9.17, 15) is 4.79 Å². The first-order valence-corrected chi connectivity index (χ1v) is 8.18. The van der Waals surface area contributed by atoms with Crippen molar-refractivity contribution < 1.29 is 14.3 Å². The number of esters is 1. The molecule has 0 amide bonds. The van der Waals surface area contributed by atoms with E-state index in [1.165, 1.54) is 25.7 Å². The van der Waals surface area contributed by atoms with Gasteiger partial charge >= 0.3 is 5.97 Å². The van der Waals surface area contributed by atoms with Crippen molar-refractivity contribution in [3.05, 3.63) is 0 Å². The molecule has 2 saturated carbocycles. The van der Waals surface area contributed by atoms with Crippen LogP contribution in [0.4, 0.5) is 0 Å². The van der Waals surface area contributed by atoms with Crippen LogP contribution in [0, 0.1) is 5.92 Å². The summed E-state index contributed by atoms with van der Waals surface area (Å²) < 4.78 is 11.3. The van der Waals surface area contributed by atoms with Crippen molar-refractivity contribution in [3.63, 3.8) is 0 Å². The number of ether oxygens (including phenoxy) is 2. The molecule has 2 rings (SSSR count). The molecule has 4 nitrogen and oxygen atoms in total. The third-order valence-corrected chi connectivity index (χ3v) is 4.95. The van der Waals surface area contributed by atoms with E-state index in [-0.39, 0.29) is 12.1 Å². The first kappa shape index (κ1) is 15.8. The summed E-state index contributed by atoms with van der Waals surface area (Å²) in [6.07, 6.45) is 9.19. The Morgan fingerprint density at radius 2 is 2.10 bits per heavy atom. The lowest BCUT2D eigenvalue weighted by Gasteiger charge is -2.38. The third-order valence-electron chi connectivity index (χ3n) is 4.95. The average molecular weight is 283 g/mol. The topological polar surface area (TPSA) is 47.6 Å². The molecule has 0 bridgehead atoms. The Bertz CT molecular complexity index is 317. The Morgan fingerprint density at radius 3 is 2.70 bits per heavy atom. The predicted octanol–water partition coefficient (Wildman–Crippen LogP) is 2.66. The molecule has 4 heteroatoms. The number of likely N-dealkylation sites (N-methyl/N-ethyl adjacent to an activating group) is 1. The SMILES string of the molecule is CCOC(=O)C1(NC)CCCC(OCCC2CCC2)C1. The van der Waals surface area contributed by atoms with Gasteiger partial charge in [0, 0.05) is 13.0 Å². The predicted molar refractivity (Wildman–Crippen MR) is 78.6 cm³/mol. The molecule has 2 aliphatic rings. The molecule has 2 aliphatic carbocycles. The molecule has 2 fully saturated rings. The molecule has 0 spiro atoms. The van der Waals surface area contributed by atoms with Crippen LogP contribution in [0.15, 0.2) is 0 Å². The quantitative estimate of drug-likeness (QED) is 0.730. The number of rotatable bonds is 7. The summed E-state index contributed by atoms with van der Waals surface area (Å²) in [5.41, 5.74) is -0.532. The van der Waals surface area contributed by atoms with E-state index in [0.29, 0.717) is 6.61 Å². The molecule has 2 atom stereocenters. The smallest absolute Gasteiger partial charge is 0.326 e. The lowest BCUT2D eigenvalue weighted by molar-refractivity contribution is -0.155. The van der Waals surface area contributed by atoms with Crippen molar-refractivity contribution in [2.24, 2.45) is 5.92 Å². The lowest BCUT2D eigenvalue weighted by atomic mass is 9.80. The van der Waals surface area contributed by atoms with Gasteiger partial charge in [0.15, 0.2) is 0 Å². The van der Waals surface area contributed by atoms with Crippen LogP contribution in [0.2, 0.25) is 0 Å². The molecule has 0 aromatic heterocycles. The third kappa shape index (κ3) is 3.73. The van der Waals surface area contributed by atoms with Crippen molar-refractivity contribution in [1.29, 1.82) is 0 Å². The van der Waals surface area contributed by atoms with Crippen LogP contribution in [0.25, 0.3) is 0 Å². The van der Waals surface area contributed by atoms with Gasteiger partial charge in [-0.1, -0.05) is 19.3 Å². The highest BCUT2D eigenvalue weighted by Crippen LogP contribution is 2.33. The molecule has 116 valence electrons. The van der Waals surface area contributed by atoms with E-state index in [1.54, 1.807) is 0 Å². The van der Waals surface area contributed by atoms with Crippen LogP contribution in [-0.2, 0) is 14.3 Å². The minimum atomic E-state index is -0.532. The van der Waals surface area contributed by atoms with E-state index in [0.717, 1.165) is 38.2 Å². The molecule has 2 unspecified atom stereocenters. The largest absolute Gasteiger partial charge is 0.465 e. The Kier molecular flexibility index (Phi) is 5.85. The maximum absolute atomic E-state index is 12.2. The van der Waals surface area contributed by atoms with Crippen LogP contribution >= 0.6 is 0 Å². The highest BCUT2D eigenvalue weighted by atomic mass is 16.5. The van der Waals surface area contributed by atoms with Crippen LogP contribution in [0.5, 0.6) is 0 Å². The Morgan fingerprint density at radius 1 is 1.30 bits per heavy atom. The van der Waals surface area contributed by atoms with E-state index in [4.69, 9.17) is 9.47 Å². The van der Waals surface area contributed by atoms with Crippen molar-refractivity contribution in [3.8, 4) is 0 Å². The highest BCUT2D eigenvalue weighted by molar-refractivity contribution is 5.81.